The van der Waals surface area contributed by atoms with E-state index < -0.39 is 5.91 Å². The van der Waals surface area contributed by atoms with Crippen molar-refractivity contribution in [3.63, 3.8) is 0 Å². The fourth-order valence-electron chi connectivity index (χ4n) is 1.21. The van der Waals surface area contributed by atoms with E-state index in [2.05, 4.69) is 26.5 Å². The van der Waals surface area contributed by atoms with Crippen LogP contribution >= 0.6 is 15.9 Å². The van der Waals surface area contributed by atoms with Crippen molar-refractivity contribution in [2.24, 2.45) is 5.10 Å². The van der Waals surface area contributed by atoms with Crippen LogP contribution in [0.1, 0.15) is 18.9 Å². The summed E-state index contributed by atoms with van der Waals surface area (Å²) in [7, 11) is 1.59. The second kappa shape index (κ2) is 6.77. The average molecular weight is 310 g/mol. The molecule has 1 aromatic rings. The molecule has 1 N–H and O–H groups in total. The first-order valence-electron chi connectivity index (χ1n) is 5.12. The summed E-state index contributed by atoms with van der Waals surface area (Å²) >= 11 is 3.37. The molecule has 0 aliphatic rings. The van der Waals surface area contributed by atoms with Crippen LogP contribution in [0.5, 0.6) is 5.75 Å². The Kier molecular flexibility index (Phi) is 5.33. The lowest BCUT2D eigenvalue weighted by atomic mass is 10.1. The average Bonchev–Trinajstić information content (AvgIpc) is 2.36. The quantitative estimate of drug-likeness (QED) is 0.684. The molecule has 0 radical (unpaired) electrons. The zero-order valence-corrected chi connectivity index (χ0v) is 11.6. The van der Waals surface area contributed by atoms with Crippen molar-refractivity contribution in [1.29, 1.82) is 5.26 Å². The summed E-state index contributed by atoms with van der Waals surface area (Å²) in [6, 6.07) is 7.22. The number of nitrogens with zero attached hydrogens (tertiary/aromatic N) is 2. The van der Waals surface area contributed by atoms with Crippen LogP contribution in [0, 0.1) is 11.3 Å². The van der Waals surface area contributed by atoms with Gasteiger partial charge in [-0.25, -0.2) is 5.43 Å². The van der Waals surface area contributed by atoms with Crippen LogP contribution in [0.2, 0.25) is 0 Å². The topological polar surface area (TPSA) is 74.5 Å². The number of rotatable bonds is 4. The fraction of sp³-hybridized carbons (Fsp3) is 0.250. The van der Waals surface area contributed by atoms with E-state index in [0.29, 0.717) is 5.71 Å². The first-order chi connectivity index (χ1) is 8.58. The van der Waals surface area contributed by atoms with Gasteiger partial charge in [-0.3, -0.25) is 4.79 Å². The lowest BCUT2D eigenvalue weighted by Crippen LogP contribution is -2.18. The Balaban J connectivity index is 2.81. The maximum absolute atomic E-state index is 11.1. The van der Waals surface area contributed by atoms with Gasteiger partial charge < -0.3 is 4.74 Å². The standard InChI is InChI=1S/C12H12BrN3O2/c1-8(15-16-12(17)5-6-14)9-3-4-11(18-2)10(13)7-9/h3-4,7H,5H2,1-2H3,(H,16,17)/b15-8-. The molecular formula is C12H12BrN3O2. The van der Waals surface area contributed by atoms with E-state index in [1.807, 2.05) is 12.1 Å². The van der Waals surface area contributed by atoms with Crippen LogP contribution in [-0.2, 0) is 4.79 Å². The molecule has 0 saturated heterocycles. The van der Waals surface area contributed by atoms with Gasteiger partial charge in [0.15, 0.2) is 0 Å². The van der Waals surface area contributed by atoms with Crippen molar-refractivity contribution in [2.45, 2.75) is 13.3 Å². The Morgan fingerprint density at radius 3 is 2.89 bits per heavy atom. The summed E-state index contributed by atoms with van der Waals surface area (Å²) in [5.74, 6) is 0.296. The number of ether oxygens (including phenoxy) is 1. The smallest absolute Gasteiger partial charge is 0.254 e. The highest BCUT2D eigenvalue weighted by atomic mass is 79.9. The number of halogens is 1. The van der Waals surface area contributed by atoms with Gasteiger partial charge in [-0.05, 0) is 46.6 Å². The zero-order valence-electron chi connectivity index (χ0n) is 10.0. The zero-order chi connectivity index (χ0) is 13.5. The molecule has 0 fully saturated rings. The number of nitriles is 1. The predicted molar refractivity (Wildman–Crippen MR) is 71.3 cm³/mol. The maximum atomic E-state index is 11.1. The first kappa shape index (κ1) is 14.2. The molecule has 0 unspecified atom stereocenters. The molecule has 0 heterocycles. The van der Waals surface area contributed by atoms with Crippen LogP contribution < -0.4 is 10.2 Å². The van der Waals surface area contributed by atoms with Gasteiger partial charge in [-0.1, -0.05) is 0 Å². The summed E-state index contributed by atoms with van der Waals surface area (Å²) in [5.41, 5.74) is 3.80. The Morgan fingerprint density at radius 1 is 1.61 bits per heavy atom. The van der Waals surface area contributed by atoms with Crippen molar-refractivity contribution in [3.8, 4) is 11.8 Å². The molecule has 94 valence electrons. The van der Waals surface area contributed by atoms with Crippen LogP contribution in [0.3, 0.4) is 0 Å². The number of nitrogens with one attached hydrogen (secondary N) is 1. The normalized spacial score (nSPS) is 10.7. The van der Waals surface area contributed by atoms with E-state index in [1.165, 1.54) is 0 Å². The molecule has 0 atom stereocenters. The minimum absolute atomic E-state index is 0.205. The van der Waals surface area contributed by atoms with Gasteiger partial charge in [0.1, 0.15) is 12.2 Å². The Morgan fingerprint density at radius 2 is 2.33 bits per heavy atom. The molecule has 18 heavy (non-hydrogen) atoms. The van der Waals surface area contributed by atoms with Crippen molar-refractivity contribution < 1.29 is 9.53 Å². The third kappa shape index (κ3) is 3.86. The van der Waals surface area contributed by atoms with E-state index in [1.54, 1.807) is 26.2 Å². The van der Waals surface area contributed by atoms with Crippen molar-refractivity contribution in [1.82, 2.24) is 5.43 Å². The molecule has 0 aliphatic heterocycles. The Labute approximate surface area is 114 Å². The van der Waals surface area contributed by atoms with Gasteiger partial charge in [0.25, 0.3) is 5.91 Å². The van der Waals surface area contributed by atoms with Crippen molar-refractivity contribution in [3.05, 3.63) is 28.2 Å². The molecular weight excluding hydrogens is 298 g/mol. The number of hydrazone groups is 1. The van der Waals surface area contributed by atoms with Crippen LogP contribution in [0.4, 0.5) is 0 Å². The lowest BCUT2D eigenvalue weighted by Gasteiger charge is -2.06. The molecule has 0 bridgehead atoms. The number of carbonyl (C=O) groups is 1. The first-order valence-corrected chi connectivity index (χ1v) is 5.91. The van der Waals surface area contributed by atoms with Crippen molar-refractivity contribution >= 4 is 27.5 Å². The van der Waals surface area contributed by atoms with E-state index in [-0.39, 0.29) is 6.42 Å². The van der Waals surface area contributed by atoms with Gasteiger partial charge in [0, 0.05) is 0 Å². The summed E-state index contributed by atoms with van der Waals surface area (Å²) in [4.78, 5) is 11.1. The second-order valence-corrected chi connectivity index (χ2v) is 4.27. The molecule has 0 aromatic heterocycles. The number of hydrogen-bond donors (Lipinski definition) is 1. The molecule has 6 heteroatoms. The number of hydrogen-bond acceptors (Lipinski definition) is 4. The molecule has 0 spiro atoms. The molecule has 0 aliphatic carbocycles. The number of benzene rings is 1. The Bertz CT molecular complexity index is 521. The largest absolute Gasteiger partial charge is 0.496 e. The molecule has 1 amide bonds. The molecule has 5 nitrogen and oxygen atoms in total. The Hall–Kier alpha value is -1.87. The van der Waals surface area contributed by atoms with Gasteiger partial charge in [0.2, 0.25) is 0 Å². The summed E-state index contributed by atoms with van der Waals surface area (Å²) in [6.45, 7) is 1.76. The number of amides is 1. The second-order valence-electron chi connectivity index (χ2n) is 3.42. The SMILES string of the molecule is COc1ccc(/C(C)=N\NC(=O)CC#N)cc1Br. The van der Waals surface area contributed by atoms with Crippen LogP contribution in [0.15, 0.2) is 27.8 Å². The van der Waals surface area contributed by atoms with Crippen LogP contribution in [0.25, 0.3) is 0 Å². The lowest BCUT2D eigenvalue weighted by molar-refractivity contribution is -0.120. The number of methoxy groups -OCH3 is 1. The third-order valence-electron chi connectivity index (χ3n) is 2.16. The number of carbonyl (C=O) groups excluding carboxylic acids is 1. The van der Waals surface area contributed by atoms with Gasteiger partial charge >= 0.3 is 0 Å². The maximum Gasteiger partial charge on any atom is 0.254 e. The highest BCUT2D eigenvalue weighted by Gasteiger charge is 2.04. The van der Waals surface area contributed by atoms with Gasteiger partial charge in [0.05, 0.1) is 23.4 Å². The van der Waals surface area contributed by atoms with Gasteiger partial charge in [-0.15, -0.1) is 0 Å². The summed E-state index contributed by atoms with van der Waals surface area (Å²) in [5, 5.41) is 12.2. The highest BCUT2D eigenvalue weighted by molar-refractivity contribution is 9.10. The minimum Gasteiger partial charge on any atom is -0.496 e. The predicted octanol–water partition coefficient (Wildman–Crippen LogP) is 2.21. The fourth-order valence-corrected chi connectivity index (χ4v) is 1.75. The van der Waals surface area contributed by atoms with E-state index in [4.69, 9.17) is 10.00 Å². The van der Waals surface area contributed by atoms with Gasteiger partial charge in [-0.2, -0.15) is 10.4 Å². The monoisotopic (exact) mass is 309 g/mol. The summed E-state index contributed by atoms with van der Waals surface area (Å²) in [6.07, 6.45) is -0.205. The molecule has 0 saturated carbocycles. The van der Waals surface area contributed by atoms with Crippen molar-refractivity contribution in [2.75, 3.05) is 7.11 Å². The summed E-state index contributed by atoms with van der Waals surface area (Å²) < 4.78 is 5.92. The van der Waals surface area contributed by atoms with Crippen LogP contribution in [-0.4, -0.2) is 18.7 Å². The molecule has 1 aromatic carbocycles. The molecule has 1 rings (SSSR count). The van der Waals surface area contributed by atoms with E-state index in [9.17, 15) is 4.79 Å². The van der Waals surface area contributed by atoms with E-state index in [0.717, 1.165) is 15.8 Å². The minimum atomic E-state index is -0.426. The highest BCUT2D eigenvalue weighted by Crippen LogP contribution is 2.25. The third-order valence-corrected chi connectivity index (χ3v) is 2.78. The van der Waals surface area contributed by atoms with E-state index >= 15 is 0 Å².